The first-order valence-electron chi connectivity index (χ1n) is 9.56. The first-order valence-corrected chi connectivity index (χ1v) is 9.94. The van der Waals surface area contributed by atoms with Crippen molar-refractivity contribution in [1.29, 1.82) is 0 Å². The zero-order valence-electron chi connectivity index (χ0n) is 16.5. The summed E-state index contributed by atoms with van der Waals surface area (Å²) in [7, 11) is 0. The fraction of sp³-hybridized carbons (Fsp3) is 0.0870. The first kappa shape index (κ1) is 21.9. The normalized spacial score (nSPS) is 10.1. The van der Waals surface area contributed by atoms with Crippen LogP contribution in [0.25, 0.3) is 0 Å². The highest BCUT2D eigenvalue weighted by Gasteiger charge is 2.08. The van der Waals surface area contributed by atoms with Crippen molar-refractivity contribution >= 4 is 40.8 Å². The van der Waals surface area contributed by atoms with Crippen LogP contribution in [0.1, 0.15) is 20.7 Å². The van der Waals surface area contributed by atoms with E-state index in [0.717, 1.165) is 0 Å². The molecule has 3 aromatic rings. The number of benzene rings is 3. The van der Waals surface area contributed by atoms with Crippen LogP contribution in [0.4, 0.5) is 16.2 Å². The second kappa shape index (κ2) is 10.8. The second-order valence-corrected chi connectivity index (χ2v) is 6.98. The van der Waals surface area contributed by atoms with E-state index in [0.29, 0.717) is 40.6 Å². The van der Waals surface area contributed by atoms with Crippen molar-refractivity contribution in [2.24, 2.45) is 0 Å². The average Bonchev–Trinajstić information content (AvgIpc) is 2.79. The molecule has 0 atom stereocenters. The number of urea groups is 1. The zero-order chi connectivity index (χ0) is 22.1. The summed E-state index contributed by atoms with van der Waals surface area (Å²) in [6.45, 7) is 0.602. The molecule has 0 aliphatic carbocycles. The van der Waals surface area contributed by atoms with Gasteiger partial charge in [-0.25, -0.2) is 4.79 Å². The molecule has 4 amide bonds. The minimum Gasteiger partial charge on any atom is -0.350 e. The molecule has 4 N–H and O–H groups in total. The van der Waals surface area contributed by atoms with Gasteiger partial charge in [0.05, 0.1) is 0 Å². The van der Waals surface area contributed by atoms with Crippen LogP contribution in [0.5, 0.6) is 0 Å². The largest absolute Gasteiger partial charge is 0.350 e. The van der Waals surface area contributed by atoms with Gasteiger partial charge in [-0.3, -0.25) is 9.59 Å². The molecule has 0 aromatic heterocycles. The number of hydrogen-bond acceptors (Lipinski definition) is 3. The number of carbonyl (C=O) groups excluding carboxylic acids is 3. The van der Waals surface area contributed by atoms with Gasteiger partial charge in [0.1, 0.15) is 0 Å². The van der Waals surface area contributed by atoms with Crippen LogP contribution in [0.3, 0.4) is 0 Å². The Bertz CT molecular complexity index is 1040. The van der Waals surface area contributed by atoms with Crippen molar-refractivity contribution in [3.05, 3.63) is 95.0 Å². The van der Waals surface area contributed by atoms with Crippen LogP contribution in [0.15, 0.2) is 78.9 Å². The summed E-state index contributed by atoms with van der Waals surface area (Å²) in [4.78, 5) is 36.2. The van der Waals surface area contributed by atoms with Crippen molar-refractivity contribution in [1.82, 2.24) is 10.6 Å². The molecule has 0 saturated carbocycles. The van der Waals surface area contributed by atoms with Crippen molar-refractivity contribution in [3.63, 3.8) is 0 Å². The summed E-state index contributed by atoms with van der Waals surface area (Å²) in [6, 6.07) is 21.7. The number of nitrogens with one attached hydrogen (secondary N) is 4. The van der Waals surface area contributed by atoms with Gasteiger partial charge in [-0.05, 0) is 60.7 Å². The molecule has 7 nitrogen and oxygen atoms in total. The van der Waals surface area contributed by atoms with Crippen LogP contribution >= 0.6 is 11.6 Å². The van der Waals surface area contributed by atoms with E-state index in [1.807, 2.05) is 6.07 Å². The Balaban J connectivity index is 1.41. The Hall–Kier alpha value is -3.84. The summed E-state index contributed by atoms with van der Waals surface area (Å²) in [6.07, 6.45) is 0. The van der Waals surface area contributed by atoms with Gasteiger partial charge in [-0.2, -0.15) is 0 Å². The minimum absolute atomic E-state index is 0.192. The lowest BCUT2D eigenvalue weighted by molar-refractivity contribution is 0.0927. The number of hydrogen-bond donors (Lipinski definition) is 4. The standard InChI is InChI=1S/C23H21ClN4O3/c24-18-8-12-20(13-9-18)28-23(31)27-19-10-6-17(7-11-19)22(30)26-15-14-25-21(29)16-4-2-1-3-5-16/h1-13H,14-15H2,(H,25,29)(H,26,30)(H2,27,28,31). The van der Waals surface area contributed by atoms with E-state index in [1.165, 1.54) is 0 Å². The van der Waals surface area contributed by atoms with Gasteiger partial charge in [0, 0.05) is 40.6 Å². The smallest absolute Gasteiger partial charge is 0.323 e. The third kappa shape index (κ3) is 6.87. The van der Waals surface area contributed by atoms with Crippen LogP contribution in [0.2, 0.25) is 5.02 Å². The number of halogens is 1. The quantitative estimate of drug-likeness (QED) is 0.419. The van der Waals surface area contributed by atoms with Gasteiger partial charge < -0.3 is 21.3 Å². The topological polar surface area (TPSA) is 99.3 Å². The molecule has 0 radical (unpaired) electrons. The third-order valence-electron chi connectivity index (χ3n) is 4.24. The van der Waals surface area contributed by atoms with Crippen molar-refractivity contribution in [2.75, 3.05) is 23.7 Å². The predicted octanol–water partition coefficient (Wildman–Crippen LogP) is 4.14. The molecule has 3 aromatic carbocycles. The highest BCUT2D eigenvalue weighted by Crippen LogP contribution is 2.14. The van der Waals surface area contributed by atoms with E-state index in [1.54, 1.807) is 72.8 Å². The summed E-state index contributed by atoms with van der Waals surface area (Å²) in [5.41, 5.74) is 2.16. The molecule has 0 saturated heterocycles. The molecule has 0 unspecified atom stereocenters. The Kier molecular flexibility index (Phi) is 7.61. The van der Waals surface area contributed by atoms with E-state index in [4.69, 9.17) is 11.6 Å². The Morgan fingerprint density at radius 3 is 1.58 bits per heavy atom. The van der Waals surface area contributed by atoms with E-state index in [9.17, 15) is 14.4 Å². The lowest BCUT2D eigenvalue weighted by atomic mass is 10.2. The number of anilines is 2. The maximum Gasteiger partial charge on any atom is 0.323 e. The first-order chi connectivity index (χ1) is 15.0. The van der Waals surface area contributed by atoms with Crippen molar-refractivity contribution < 1.29 is 14.4 Å². The monoisotopic (exact) mass is 436 g/mol. The number of amides is 4. The van der Waals surface area contributed by atoms with Crippen LogP contribution < -0.4 is 21.3 Å². The Morgan fingerprint density at radius 2 is 1.06 bits per heavy atom. The van der Waals surface area contributed by atoms with Gasteiger partial charge >= 0.3 is 6.03 Å². The molecule has 0 heterocycles. The molecule has 8 heteroatoms. The molecular weight excluding hydrogens is 416 g/mol. The van der Waals surface area contributed by atoms with Gasteiger partial charge in [-0.1, -0.05) is 29.8 Å². The van der Waals surface area contributed by atoms with Crippen LogP contribution in [0, 0.1) is 0 Å². The molecular formula is C23H21ClN4O3. The molecule has 31 heavy (non-hydrogen) atoms. The van der Waals surface area contributed by atoms with E-state index in [-0.39, 0.29) is 11.8 Å². The Labute approximate surface area is 184 Å². The van der Waals surface area contributed by atoms with E-state index in [2.05, 4.69) is 21.3 Å². The lowest BCUT2D eigenvalue weighted by Gasteiger charge is -2.09. The molecule has 0 fully saturated rings. The average molecular weight is 437 g/mol. The molecule has 0 aliphatic rings. The second-order valence-electron chi connectivity index (χ2n) is 6.54. The van der Waals surface area contributed by atoms with Crippen LogP contribution in [-0.4, -0.2) is 30.9 Å². The summed E-state index contributed by atoms with van der Waals surface area (Å²) >= 11 is 5.82. The maximum atomic E-state index is 12.2. The number of rotatable bonds is 7. The van der Waals surface area contributed by atoms with Crippen molar-refractivity contribution in [2.45, 2.75) is 0 Å². The summed E-state index contributed by atoms with van der Waals surface area (Å²) < 4.78 is 0. The Morgan fingerprint density at radius 1 is 0.613 bits per heavy atom. The van der Waals surface area contributed by atoms with Crippen LogP contribution in [-0.2, 0) is 0 Å². The molecule has 3 rings (SSSR count). The molecule has 158 valence electrons. The highest BCUT2D eigenvalue weighted by molar-refractivity contribution is 6.30. The fourth-order valence-electron chi connectivity index (χ4n) is 2.68. The fourth-order valence-corrected chi connectivity index (χ4v) is 2.80. The van der Waals surface area contributed by atoms with Gasteiger partial charge in [-0.15, -0.1) is 0 Å². The molecule has 0 spiro atoms. The van der Waals surface area contributed by atoms with Gasteiger partial charge in [0.15, 0.2) is 0 Å². The van der Waals surface area contributed by atoms with Crippen molar-refractivity contribution in [3.8, 4) is 0 Å². The molecule has 0 aliphatic heterocycles. The highest BCUT2D eigenvalue weighted by atomic mass is 35.5. The third-order valence-corrected chi connectivity index (χ3v) is 4.49. The lowest BCUT2D eigenvalue weighted by Crippen LogP contribution is -2.34. The number of carbonyl (C=O) groups is 3. The van der Waals surface area contributed by atoms with Gasteiger partial charge in [0.2, 0.25) is 0 Å². The zero-order valence-corrected chi connectivity index (χ0v) is 17.3. The maximum absolute atomic E-state index is 12.2. The summed E-state index contributed by atoms with van der Waals surface area (Å²) in [5, 5.41) is 11.4. The SMILES string of the molecule is O=C(Nc1ccc(Cl)cc1)Nc1ccc(C(=O)NCCNC(=O)c2ccccc2)cc1. The predicted molar refractivity (Wildman–Crippen MR) is 122 cm³/mol. The molecule has 0 bridgehead atoms. The van der Waals surface area contributed by atoms with E-state index >= 15 is 0 Å². The minimum atomic E-state index is -0.409. The van der Waals surface area contributed by atoms with Gasteiger partial charge in [0.25, 0.3) is 11.8 Å². The summed E-state index contributed by atoms with van der Waals surface area (Å²) in [5.74, 6) is -0.465. The van der Waals surface area contributed by atoms with E-state index < -0.39 is 6.03 Å².